The smallest absolute Gasteiger partial charge is 0.371 e. The zero-order valence-corrected chi connectivity index (χ0v) is 10.5. The lowest BCUT2D eigenvalue weighted by Crippen LogP contribution is -2.23. The van der Waals surface area contributed by atoms with Crippen molar-refractivity contribution in [2.45, 2.75) is 12.5 Å². The van der Waals surface area contributed by atoms with Crippen molar-refractivity contribution in [3.63, 3.8) is 0 Å². The van der Waals surface area contributed by atoms with E-state index in [1.165, 1.54) is 0 Å². The topological polar surface area (TPSA) is 62.9 Å². The van der Waals surface area contributed by atoms with Crippen LogP contribution in [0.5, 0.6) is 0 Å². The van der Waals surface area contributed by atoms with E-state index >= 15 is 0 Å². The molecule has 0 fully saturated rings. The van der Waals surface area contributed by atoms with E-state index in [4.69, 9.17) is 14.3 Å². The zero-order chi connectivity index (χ0) is 13.1. The average Bonchev–Trinajstić information content (AvgIpc) is 2.71. The number of fused-ring (bicyclic) bond motifs is 1. The summed E-state index contributed by atoms with van der Waals surface area (Å²) in [5, 5.41) is 8.85. The predicted octanol–water partition coefficient (Wildman–Crippen LogP) is 1.49. The van der Waals surface area contributed by atoms with Crippen LogP contribution in [0, 0.1) is 0 Å². The lowest BCUT2D eigenvalue weighted by molar-refractivity contribution is 0.0662. The molecule has 0 spiro atoms. The van der Waals surface area contributed by atoms with Crippen molar-refractivity contribution in [1.29, 1.82) is 0 Å². The van der Waals surface area contributed by atoms with Crippen molar-refractivity contribution in [3.8, 4) is 0 Å². The number of carbonyl (C=O) groups is 1. The predicted molar refractivity (Wildman–Crippen MR) is 66.7 cm³/mol. The summed E-state index contributed by atoms with van der Waals surface area (Å²) in [4.78, 5) is 12.8. The molecule has 1 aromatic heterocycles. The minimum Gasteiger partial charge on any atom is -0.475 e. The quantitative estimate of drug-likeness (QED) is 0.859. The van der Waals surface area contributed by atoms with Crippen molar-refractivity contribution in [1.82, 2.24) is 4.90 Å². The monoisotopic (exact) mass is 251 g/mol. The van der Waals surface area contributed by atoms with Crippen molar-refractivity contribution >= 4 is 12.0 Å². The first-order chi connectivity index (χ1) is 8.56. The standard InChI is InChI=1S/C13H17NO4/c1-14(2)5-6-17-10-3-4-11-9(7-10)8-12(18-11)13(15)16/h3-4,8,10H,5-7H2,1-2H3,(H,15,16). The molecule has 1 N–H and O–H groups in total. The van der Waals surface area contributed by atoms with E-state index in [0.29, 0.717) is 18.8 Å². The third kappa shape index (κ3) is 3.00. The minimum absolute atomic E-state index is 0.00306. The van der Waals surface area contributed by atoms with Gasteiger partial charge in [0.1, 0.15) is 5.76 Å². The second-order valence-corrected chi connectivity index (χ2v) is 4.58. The lowest BCUT2D eigenvalue weighted by atomic mass is 10.0. The van der Waals surface area contributed by atoms with Gasteiger partial charge in [0.05, 0.1) is 12.7 Å². The van der Waals surface area contributed by atoms with Crippen molar-refractivity contribution in [3.05, 3.63) is 29.2 Å². The van der Waals surface area contributed by atoms with Gasteiger partial charge in [-0.15, -0.1) is 0 Å². The fourth-order valence-corrected chi connectivity index (χ4v) is 1.83. The highest BCUT2D eigenvalue weighted by Gasteiger charge is 2.20. The zero-order valence-electron chi connectivity index (χ0n) is 10.5. The van der Waals surface area contributed by atoms with E-state index in [9.17, 15) is 4.79 Å². The SMILES string of the molecule is CN(C)CCOC1C=Cc2oc(C(=O)O)cc2C1. The second-order valence-electron chi connectivity index (χ2n) is 4.58. The van der Waals surface area contributed by atoms with Crippen LogP contribution >= 0.6 is 0 Å². The van der Waals surface area contributed by atoms with Crippen LogP contribution in [-0.4, -0.2) is 49.3 Å². The molecule has 0 amide bonds. The van der Waals surface area contributed by atoms with Crippen LogP contribution < -0.4 is 0 Å². The van der Waals surface area contributed by atoms with Gasteiger partial charge >= 0.3 is 5.97 Å². The van der Waals surface area contributed by atoms with E-state index in [2.05, 4.69) is 4.90 Å². The molecule has 0 saturated carbocycles. The maximum Gasteiger partial charge on any atom is 0.371 e. The first-order valence-corrected chi connectivity index (χ1v) is 5.87. The Balaban J connectivity index is 1.95. The van der Waals surface area contributed by atoms with Crippen LogP contribution in [0.4, 0.5) is 0 Å². The molecule has 18 heavy (non-hydrogen) atoms. The molecule has 5 nitrogen and oxygen atoms in total. The van der Waals surface area contributed by atoms with E-state index in [0.717, 1.165) is 12.1 Å². The molecule has 0 radical (unpaired) electrons. The minimum atomic E-state index is -1.04. The average molecular weight is 251 g/mol. The third-order valence-corrected chi connectivity index (χ3v) is 2.81. The molecule has 1 aromatic rings. The highest BCUT2D eigenvalue weighted by Crippen LogP contribution is 2.24. The summed E-state index contributed by atoms with van der Waals surface area (Å²) in [6, 6.07) is 1.57. The third-order valence-electron chi connectivity index (χ3n) is 2.81. The highest BCUT2D eigenvalue weighted by molar-refractivity contribution is 5.85. The maximum absolute atomic E-state index is 10.8. The van der Waals surface area contributed by atoms with Gasteiger partial charge in [-0.3, -0.25) is 0 Å². The molecule has 1 aliphatic carbocycles. The van der Waals surface area contributed by atoms with Crippen LogP contribution in [0.15, 0.2) is 16.6 Å². The van der Waals surface area contributed by atoms with Crippen molar-refractivity contribution < 1.29 is 19.1 Å². The molecule has 1 unspecified atom stereocenters. The summed E-state index contributed by atoms with van der Waals surface area (Å²) in [6.45, 7) is 1.52. The number of aromatic carboxylic acids is 1. The molecule has 1 atom stereocenters. The van der Waals surface area contributed by atoms with Gasteiger partial charge in [-0.05, 0) is 26.2 Å². The molecule has 5 heteroatoms. The van der Waals surface area contributed by atoms with Gasteiger partial charge in [-0.25, -0.2) is 4.79 Å². The number of rotatable bonds is 5. The molecule has 1 heterocycles. The number of carboxylic acids is 1. The van der Waals surface area contributed by atoms with Gasteiger partial charge in [-0.1, -0.05) is 6.08 Å². The Morgan fingerprint density at radius 1 is 1.61 bits per heavy atom. The number of nitrogens with zero attached hydrogens (tertiary/aromatic N) is 1. The number of furan rings is 1. The Morgan fingerprint density at radius 2 is 2.39 bits per heavy atom. The molecule has 0 saturated heterocycles. The Morgan fingerprint density at radius 3 is 3.06 bits per heavy atom. The number of carboxylic acid groups (broad SMARTS) is 1. The van der Waals surface area contributed by atoms with Crippen LogP contribution in [0.3, 0.4) is 0 Å². The van der Waals surface area contributed by atoms with Crippen LogP contribution in [0.1, 0.15) is 21.9 Å². The Kier molecular flexibility index (Phi) is 3.84. The van der Waals surface area contributed by atoms with Crippen molar-refractivity contribution in [2.75, 3.05) is 27.2 Å². The second kappa shape index (κ2) is 5.37. The summed E-state index contributed by atoms with van der Waals surface area (Å²) in [5.41, 5.74) is 0.893. The normalized spacial score (nSPS) is 18.1. The van der Waals surface area contributed by atoms with E-state index in [1.807, 2.05) is 20.2 Å². The fraction of sp³-hybridized carbons (Fsp3) is 0.462. The van der Waals surface area contributed by atoms with Crippen LogP contribution in [0.2, 0.25) is 0 Å². The van der Waals surface area contributed by atoms with E-state index in [-0.39, 0.29) is 11.9 Å². The first-order valence-electron chi connectivity index (χ1n) is 5.87. The largest absolute Gasteiger partial charge is 0.475 e. The molecular weight excluding hydrogens is 234 g/mol. The Hall–Kier alpha value is -1.59. The molecule has 1 aliphatic rings. The van der Waals surface area contributed by atoms with Gasteiger partial charge in [0.25, 0.3) is 0 Å². The van der Waals surface area contributed by atoms with Gasteiger partial charge in [-0.2, -0.15) is 0 Å². The molecule has 0 bridgehead atoms. The lowest BCUT2D eigenvalue weighted by Gasteiger charge is -2.18. The number of hydrogen-bond acceptors (Lipinski definition) is 4. The van der Waals surface area contributed by atoms with E-state index < -0.39 is 5.97 Å². The highest BCUT2D eigenvalue weighted by atomic mass is 16.5. The maximum atomic E-state index is 10.8. The number of likely N-dealkylation sites (N-methyl/N-ethyl adjacent to an activating group) is 1. The first kappa shape index (κ1) is 12.9. The summed E-state index contributed by atoms with van der Waals surface area (Å²) in [5.74, 6) is -0.429. The van der Waals surface area contributed by atoms with Crippen LogP contribution in [0.25, 0.3) is 6.08 Å². The summed E-state index contributed by atoms with van der Waals surface area (Å²) in [7, 11) is 3.99. The Labute approximate surface area is 106 Å². The van der Waals surface area contributed by atoms with Gasteiger partial charge < -0.3 is 19.2 Å². The molecule has 0 aromatic carbocycles. The Bertz CT molecular complexity index is 462. The summed E-state index contributed by atoms with van der Waals surface area (Å²) >= 11 is 0. The molecule has 2 rings (SSSR count). The van der Waals surface area contributed by atoms with Crippen molar-refractivity contribution in [2.24, 2.45) is 0 Å². The van der Waals surface area contributed by atoms with Crippen LogP contribution in [-0.2, 0) is 11.2 Å². The fourth-order valence-electron chi connectivity index (χ4n) is 1.83. The molecule has 0 aliphatic heterocycles. The number of hydrogen-bond donors (Lipinski definition) is 1. The van der Waals surface area contributed by atoms with Gasteiger partial charge in [0.15, 0.2) is 0 Å². The van der Waals surface area contributed by atoms with Gasteiger partial charge in [0, 0.05) is 18.5 Å². The number of ether oxygens (including phenoxy) is 1. The molecule has 98 valence electrons. The van der Waals surface area contributed by atoms with E-state index in [1.54, 1.807) is 12.1 Å². The summed E-state index contributed by atoms with van der Waals surface area (Å²) < 4.78 is 10.9. The summed E-state index contributed by atoms with van der Waals surface area (Å²) in [6.07, 6.45) is 4.35. The molecular formula is C13H17NO4. The van der Waals surface area contributed by atoms with Gasteiger partial charge in [0.2, 0.25) is 5.76 Å².